The molecule has 8 heteroatoms. The summed E-state index contributed by atoms with van der Waals surface area (Å²) in [6.07, 6.45) is 1.21. The highest BCUT2D eigenvalue weighted by Crippen LogP contribution is 2.47. The van der Waals surface area contributed by atoms with Gasteiger partial charge in [0.1, 0.15) is 6.04 Å². The van der Waals surface area contributed by atoms with Gasteiger partial charge in [-0.15, -0.1) is 11.8 Å². The third-order valence-electron chi connectivity index (χ3n) is 4.51. The molecule has 0 bridgehead atoms. The van der Waals surface area contributed by atoms with E-state index in [0.717, 1.165) is 6.42 Å². The lowest BCUT2D eigenvalue weighted by molar-refractivity contribution is -0.385. The fourth-order valence-electron chi connectivity index (χ4n) is 3.19. The molecule has 0 saturated carbocycles. The van der Waals surface area contributed by atoms with Crippen LogP contribution in [0, 0.1) is 17.0 Å². The first-order chi connectivity index (χ1) is 10.8. The number of rotatable bonds is 3. The summed E-state index contributed by atoms with van der Waals surface area (Å²) in [5, 5.41) is 13.7. The second-order valence-corrected chi connectivity index (χ2v) is 7.46. The summed E-state index contributed by atoms with van der Waals surface area (Å²) in [5.74, 6) is 0.246. The molecule has 7 nitrogen and oxygen atoms in total. The molecule has 2 amide bonds. The Morgan fingerprint density at radius 1 is 1.52 bits per heavy atom. The molecule has 0 unspecified atom stereocenters. The summed E-state index contributed by atoms with van der Waals surface area (Å²) in [4.78, 5) is 36.5. The van der Waals surface area contributed by atoms with Gasteiger partial charge in [-0.3, -0.25) is 19.7 Å². The van der Waals surface area contributed by atoms with E-state index < -0.39 is 11.0 Å². The lowest BCUT2D eigenvalue weighted by Gasteiger charge is -2.29. The normalized spacial score (nSPS) is 26.3. The molecular weight excluding hydrogens is 318 g/mol. The van der Waals surface area contributed by atoms with E-state index in [9.17, 15) is 19.7 Å². The second kappa shape index (κ2) is 5.52. The molecular formula is C15H17N3O4S. The van der Waals surface area contributed by atoms with Gasteiger partial charge in [-0.2, -0.15) is 0 Å². The molecule has 2 aliphatic heterocycles. The summed E-state index contributed by atoms with van der Waals surface area (Å²) < 4.78 is 0. The Labute approximate surface area is 137 Å². The molecule has 0 aliphatic carbocycles. The van der Waals surface area contributed by atoms with Crippen LogP contribution in [0.15, 0.2) is 18.2 Å². The maximum atomic E-state index is 12.6. The zero-order valence-corrected chi connectivity index (χ0v) is 13.7. The number of nitrogens with zero attached hydrogens (tertiary/aromatic N) is 2. The van der Waals surface area contributed by atoms with Crippen molar-refractivity contribution in [3.63, 3.8) is 0 Å². The standard InChI is InChI=1S/C15H17N3O4S/c1-9-10(4-3-5-11(9)18(21)22)16-14(20)12-8-23-15(2)7-6-13(19)17(12)15/h3-5,12H,6-8H2,1-2H3,(H,16,20)/t12-,15-/m1/s1. The van der Waals surface area contributed by atoms with E-state index in [2.05, 4.69) is 5.32 Å². The first-order valence-corrected chi connectivity index (χ1v) is 8.33. The highest BCUT2D eigenvalue weighted by Gasteiger charge is 2.52. The van der Waals surface area contributed by atoms with Crippen LogP contribution in [0.1, 0.15) is 25.3 Å². The topological polar surface area (TPSA) is 92.6 Å². The molecule has 2 saturated heterocycles. The number of nitro benzene ring substituents is 1. The van der Waals surface area contributed by atoms with Crippen LogP contribution in [0.2, 0.25) is 0 Å². The van der Waals surface area contributed by atoms with Gasteiger partial charge in [0.2, 0.25) is 11.8 Å². The van der Waals surface area contributed by atoms with Gasteiger partial charge in [0.15, 0.2) is 0 Å². The van der Waals surface area contributed by atoms with Crippen molar-refractivity contribution >= 4 is 35.0 Å². The van der Waals surface area contributed by atoms with Crippen molar-refractivity contribution in [3.8, 4) is 0 Å². The quantitative estimate of drug-likeness (QED) is 0.676. The van der Waals surface area contributed by atoms with Gasteiger partial charge >= 0.3 is 0 Å². The summed E-state index contributed by atoms with van der Waals surface area (Å²) in [6, 6.07) is 4.04. The van der Waals surface area contributed by atoms with E-state index in [1.54, 1.807) is 29.7 Å². The number of nitrogens with one attached hydrogen (secondary N) is 1. The molecule has 3 rings (SSSR count). The minimum Gasteiger partial charge on any atom is -0.324 e. The number of benzene rings is 1. The number of anilines is 1. The van der Waals surface area contributed by atoms with E-state index >= 15 is 0 Å². The summed E-state index contributed by atoms with van der Waals surface area (Å²) in [6.45, 7) is 3.58. The van der Waals surface area contributed by atoms with E-state index in [-0.39, 0.29) is 22.4 Å². The fourth-order valence-corrected chi connectivity index (χ4v) is 4.62. The maximum Gasteiger partial charge on any atom is 0.274 e. The number of fused-ring (bicyclic) bond motifs is 1. The first-order valence-electron chi connectivity index (χ1n) is 7.34. The van der Waals surface area contributed by atoms with Crippen LogP contribution in [0.3, 0.4) is 0 Å². The maximum absolute atomic E-state index is 12.6. The minimum atomic E-state index is -0.529. The molecule has 0 spiro atoms. The van der Waals surface area contributed by atoms with Crippen LogP contribution >= 0.6 is 11.8 Å². The van der Waals surface area contributed by atoms with Gasteiger partial charge in [0, 0.05) is 18.2 Å². The molecule has 1 aromatic rings. The van der Waals surface area contributed by atoms with Crippen LogP contribution in [0.4, 0.5) is 11.4 Å². The lowest BCUT2D eigenvalue weighted by Crippen LogP contribution is -2.48. The average molecular weight is 335 g/mol. The number of hydrogen-bond donors (Lipinski definition) is 1. The highest BCUT2D eigenvalue weighted by molar-refractivity contribution is 8.01. The average Bonchev–Trinajstić information content (AvgIpc) is 2.98. The number of hydrogen-bond acceptors (Lipinski definition) is 5. The van der Waals surface area contributed by atoms with Crippen molar-refractivity contribution in [2.24, 2.45) is 0 Å². The Bertz CT molecular complexity index is 708. The van der Waals surface area contributed by atoms with Crippen LogP contribution in [0.25, 0.3) is 0 Å². The monoisotopic (exact) mass is 335 g/mol. The molecule has 2 heterocycles. The Hall–Kier alpha value is -2.09. The first kappa shape index (κ1) is 15.8. The van der Waals surface area contributed by atoms with Crippen LogP contribution < -0.4 is 5.32 Å². The van der Waals surface area contributed by atoms with E-state index in [4.69, 9.17) is 0 Å². The Kier molecular flexibility index (Phi) is 3.79. The number of amides is 2. The zero-order chi connectivity index (χ0) is 16.8. The minimum absolute atomic E-state index is 0.00610. The van der Waals surface area contributed by atoms with E-state index in [0.29, 0.717) is 23.4 Å². The van der Waals surface area contributed by atoms with Gasteiger partial charge in [0.05, 0.1) is 21.0 Å². The van der Waals surface area contributed by atoms with Crippen LogP contribution in [-0.2, 0) is 9.59 Å². The number of nitro groups is 1. The number of thioether (sulfide) groups is 1. The van der Waals surface area contributed by atoms with Gasteiger partial charge in [0.25, 0.3) is 5.69 Å². The number of carbonyl (C=O) groups is 2. The predicted octanol–water partition coefficient (Wildman–Crippen LogP) is 2.30. The lowest BCUT2D eigenvalue weighted by atomic mass is 10.1. The second-order valence-electron chi connectivity index (χ2n) is 5.96. The molecule has 0 aromatic heterocycles. The fraction of sp³-hybridized carbons (Fsp3) is 0.467. The zero-order valence-electron chi connectivity index (χ0n) is 12.9. The Morgan fingerprint density at radius 3 is 2.96 bits per heavy atom. The summed E-state index contributed by atoms with van der Waals surface area (Å²) >= 11 is 1.61. The smallest absolute Gasteiger partial charge is 0.274 e. The van der Waals surface area contributed by atoms with Gasteiger partial charge in [-0.25, -0.2) is 0 Å². The molecule has 2 atom stereocenters. The van der Waals surface area contributed by atoms with Crippen LogP contribution in [0.5, 0.6) is 0 Å². The van der Waals surface area contributed by atoms with Gasteiger partial charge in [-0.1, -0.05) is 6.07 Å². The van der Waals surface area contributed by atoms with Crippen molar-refractivity contribution in [2.45, 2.75) is 37.6 Å². The van der Waals surface area contributed by atoms with Gasteiger partial charge in [-0.05, 0) is 26.3 Å². The molecule has 0 radical (unpaired) electrons. The van der Waals surface area contributed by atoms with Crippen molar-refractivity contribution in [1.29, 1.82) is 0 Å². The molecule has 2 fully saturated rings. The van der Waals surface area contributed by atoms with E-state index in [1.165, 1.54) is 12.1 Å². The van der Waals surface area contributed by atoms with Gasteiger partial charge < -0.3 is 10.2 Å². The largest absolute Gasteiger partial charge is 0.324 e. The van der Waals surface area contributed by atoms with Crippen molar-refractivity contribution < 1.29 is 14.5 Å². The Balaban J connectivity index is 1.82. The van der Waals surface area contributed by atoms with Crippen molar-refractivity contribution in [3.05, 3.63) is 33.9 Å². The molecule has 2 aliphatic rings. The van der Waals surface area contributed by atoms with Crippen LogP contribution in [-0.4, -0.2) is 38.3 Å². The molecule has 1 aromatic carbocycles. The SMILES string of the molecule is Cc1c(NC(=O)[C@H]2CS[C@]3(C)CCC(=O)N23)cccc1[N+](=O)[O-]. The van der Waals surface area contributed by atoms with Crippen molar-refractivity contribution in [1.82, 2.24) is 4.90 Å². The third-order valence-corrected chi connectivity index (χ3v) is 6.01. The predicted molar refractivity (Wildman–Crippen MR) is 87.2 cm³/mol. The highest BCUT2D eigenvalue weighted by atomic mass is 32.2. The summed E-state index contributed by atoms with van der Waals surface area (Å²) in [7, 11) is 0. The molecule has 122 valence electrons. The Morgan fingerprint density at radius 2 is 2.26 bits per heavy atom. The summed E-state index contributed by atoms with van der Waals surface area (Å²) in [5.41, 5.74) is 0.784. The number of carbonyl (C=O) groups excluding carboxylic acids is 2. The molecule has 1 N–H and O–H groups in total. The van der Waals surface area contributed by atoms with E-state index in [1.807, 2.05) is 6.92 Å². The molecule has 23 heavy (non-hydrogen) atoms. The van der Waals surface area contributed by atoms with Crippen molar-refractivity contribution in [2.75, 3.05) is 11.1 Å². The third kappa shape index (κ3) is 2.56.